The van der Waals surface area contributed by atoms with Crippen molar-refractivity contribution in [1.82, 2.24) is 19.9 Å². The average Bonchev–Trinajstić information content (AvgIpc) is 3.24. The normalized spacial score (nSPS) is 20.0. The minimum atomic E-state index is -0.715. The van der Waals surface area contributed by atoms with E-state index in [1.807, 2.05) is 39.0 Å². The Morgan fingerprint density at radius 1 is 1.24 bits per heavy atom. The molecule has 0 radical (unpaired) electrons. The lowest BCUT2D eigenvalue weighted by molar-refractivity contribution is 0.0384. The minimum absolute atomic E-state index is 0.159. The Hall–Kier alpha value is -2.45. The van der Waals surface area contributed by atoms with Crippen LogP contribution in [0.4, 0.5) is 5.69 Å². The van der Waals surface area contributed by atoms with E-state index >= 15 is 0 Å². The number of hydrogen-bond donors (Lipinski definition) is 2. The Balaban J connectivity index is 1.89. The molecule has 2 aromatic heterocycles. The van der Waals surface area contributed by atoms with Gasteiger partial charge in [0, 0.05) is 43.0 Å². The molecule has 9 heteroatoms. The van der Waals surface area contributed by atoms with Crippen LogP contribution in [0.15, 0.2) is 47.4 Å². The van der Waals surface area contributed by atoms with Crippen LogP contribution in [0.25, 0.3) is 11.4 Å². The van der Waals surface area contributed by atoms with Gasteiger partial charge in [0.05, 0.1) is 22.5 Å². The van der Waals surface area contributed by atoms with Crippen molar-refractivity contribution in [2.75, 3.05) is 25.0 Å². The number of anilines is 1. The van der Waals surface area contributed by atoms with Gasteiger partial charge in [-0.3, -0.25) is 14.3 Å². The van der Waals surface area contributed by atoms with Gasteiger partial charge in [0.2, 0.25) is 0 Å². The standard InChI is InChI=1S/C25H29Cl2N5O2/c1-4-19-22(24(33)32(5-2)23(30-19)17-11-10-16(26)13-18(17)27)31-25(20-9-7-8-12-29-20)15-28-14-21(25)34-6-3/h7-13,21,28,31H,4-6,14-15H2,1-3H3/t21-,25+/m0/s1. The Morgan fingerprint density at radius 2 is 2.06 bits per heavy atom. The highest BCUT2D eigenvalue weighted by atomic mass is 35.5. The van der Waals surface area contributed by atoms with Gasteiger partial charge in [-0.15, -0.1) is 0 Å². The summed E-state index contributed by atoms with van der Waals surface area (Å²) < 4.78 is 7.75. The highest BCUT2D eigenvalue weighted by molar-refractivity contribution is 6.36. The van der Waals surface area contributed by atoms with Crippen LogP contribution < -0.4 is 16.2 Å². The van der Waals surface area contributed by atoms with Gasteiger partial charge in [0.1, 0.15) is 17.1 Å². The smallest absolute Gasteiger partial charge is 0.277 e. The highest BCUT2D eigenvalue weighted by Gasteiger charge is 2.47. The first-order valence-electron chi connectivity index (χ1n) is 11.6. The zero-order chi connectivity index (χ0) is 24.3. The van der Waals surface area contributed by atoms with E-state index in [9.17, 15) is 4.79 Å². The molecular weight excluding hydrogens is 473 g/mol. The fraction of sp³-hybridized carbons (Fsp3) is 0.400. The van der Waals surface area contributed by atoms with Gasteiger partial charge in [0.25, 0.3) is 5.56 Å². The van der Waals surface area contributed by atoms with Gasteiger partial charge >= 0.3 is 0 Å². The molecule has 1 aliphatic heterocycles. The zero-order valence-electron chi connectivity index (χ0n) is 19.6. The molecule has 0 unspecified atom stereocenters. The van der Waals surface area contributed by atoms with Gasteiger partial charge < -0.3 is 15.4 Å². The average molecular weight is 502 g/mol. The third kappa shape index (κ3) is 4.45. The number of pyridine rings is 1. The molecule has 3 heterocycles. The molecular formula is C25H29Cl2N5O2. The molecule has 0 saturated carbocycles. The topological polar surface area (TPSA) is 81.1 Å². The van der Waals surface area contributed by atoms with Crippen molar-refractivity contribution < 1.29 is 4.74 Å². The molecule has 0 bridgehead atoms. The lowest BCUT2D eigenvalue weighted by Crippen LogP contribution is -2.50. The summed E-state index contributed by atoms with van der Waals surface area (Å²) in [4.78, 5) is 23.4. The van der Waals surface area contributed by atoms with Crippen molar-refractivity contribution >= 4 is 28.9 Å². The summed E-state index contributed by atoms with van der Waals surface area (Å²) in [6.45, 7) is 8.06. The first-order valence-corrected chi connectivity index (χ1v) is 12.3. The fourth-order valence-electron chi connectivity index (χ4n) is 4.53. The number of benzene rings is 1. The molecule has 2 N–H and O–H groups in total. The second-order valence-electron chi connectivity index (χ2n) is 8.17. The number of nitrogens with zero attached hydrogens (tertiary/aromatic N) is 3. The maximum atomic E-state index is 13.9. The monoisotopic (exact) mass is 501 g/mol. The Bertz CT molecular complexity index is 1220. The number of aryl methyl sites for hydroxylation is 1. The van der Waals surface area contributed by atoms with Crippen molar-refractivity contribution in [2.24, 2.45) is 0 Å². The van der Waals surface area contributed by atoms with E-state index in [1.54, 1.807) is 29.0 Å². The van der Waals surface area contributed by atoms with Crippen LogP contribution in [0.2, 0.25) is 10.0 Å². The fourth-order valence-corrected chi connectivity index (χ4v) is 5.03. The van der Waals surface area contributed by atoms with Crippen LogP contribution in [-0.2, 0) is 23.2 Å². The van der Waals surface area contributed by atoms with Crippen LogP contribution in [0.5, 0.6) is 0 Å². The second kappa shape index (κ2) is 10.4. The van der Waals surface area contributed by atoms with E-state index < -0.39 is 5.54 Å². The van der Waals surface area contributed by atoms with Crippen LogP contribution in [0.3, 0.4) is 0 Å². The van der Waals surface area contributed by atoms with Gasteiger partial charge in [-0.1, -0.05) is 36.2 Å². The van der Waals surface area contributed by atoms with Crippen molar-refractivity contribution in [2.45, 2.75) is 45.4 Å². The summed E-state index contributed by atoms with van der Waals surface area (Å²) in [5.74, 6) is 0.523. The molecule has 4 rings (SSSR count). The van der Waals surface area contributed by atoms with E-state index in [-0.39, 0.29) is 11.7 Å². The SMILES string of the molecule is CCO[C@H]1CNC[C@@]1(Nc1c(CC)nc(-c2ccc(Cl)cc2Cl)n(CC)c1=O)c1ccccn1. The molecule has 1 aliphatic rings. The first kappa shape index (κ1) is 24.7. The van der Waals surface area contributed by atoms with E-state index in [1.165, 1.54) is 0 Å². The summed E-state index contributed by atoms with van der Waals surface area (Å²) in [6.07, 6.45) is 2.11. The predicted molar refractivity (Wildman–Crippen MR) is 137 cm³/mol. The van der Waals surface area contributed by atoms with Gasteiger partial charge in [-0.05, 0) is 50.6 Å². The van der Waals surface area contributed by atoms with Crippen molar-refractivity contribution in [3.05, 3.63) is 74.4 Å². The molecule has 2 atom stereocenters. The van der Waals surface area contributed by atoms with Gasteiger partial charge in [0.15, 0.2) is 0 Å². The number of aromatic nitrogens is 3. The lowest BCUT2D eigenvalue weighted by Gasteiger charge is -2.36. The number of nitrogens with one attached hydrogen (secondary N) is 2. The summed E-state index contributed by atoms with van der Waals surface area (Å²) in [5.41, 5.74) is 1.72. The Morgan fingerprint density at radius 3 is 2.71 bits per heavy atom. The second-order valence-corrected chi connectivity index (χ2v) is 9.01. The van der Waals surface area contributed by atoms with Gasteiger partial charge in [-0.25, -0.2) is 4.98 Å². The van der Waals surface area contributed by atoms with E-state index in [2.05, 4.69) is 15.6 Å². The van der Waals surface area contributed by atoms with Crippen LogP contribution in [0, 0.1) is 0 Å². The first-order chi connectivity index (χ1) is 16.4. The summed E-state index contributed by atoms with van der Waals surface area (Å²) in [7, 11) is 0. The predicted octanol–water partition coefficient (Wildman–Crippen LogP) is 4.51. The molecule has 0 spiro atoms. The maximum Gasteiger partial charge on any atom is 0.277 e. The molecule has 0 aliphatic carbocycles. The number of hydrogen-bond acceptors (Lipinski definition) is 6. The third-order valence-electron chi connectivity index (χ3n) is 6.19. The van der Waals surface area contributed by atoms with E-state index in [0.717, 1.165) is 5.69 Å². The quantitative estimate of drug-likeness (QED) is 0.472. The molecule has 34 heavy (non-hydrogen) atoms. The Labute approximate surface area is 209 Å². The largest absolute Gasteiger partial charge is 0.374 e. The Kier molecular flexibility index (Phi) is 7.57. The molecule has 180 valence electrons. The van der Waals surface area contributed by atoms with E-state index in [0.29, 0.717) is 65.5 Å². The van der Waals surface area contributed by atoms with Crippen molar-refractivity contribution in [3.63, 3.8) is 0 Å². The third-order valence-corrected chi connectivity index (χ3v) is 6.74. The lowest BCUT2D eigenvalue weighted by atomic mass is 9.90. The number of rotatable bonds is 8. The molecule has 7 nitrogen and oxygen atoms in total. The van der Waals surface area contributed by atoms with Crippen LogP contribution in [-0.4, -0.2) is 40.3 Å². The minimum Gasteiger partial charge on any atom is -0.374 e. The summed E-state index contributed by atoms with van der Waals surface area (Å²) >= 11 is 12.6. The summed E-state index contributed by atoms with van der Waals surface area (Å²) in [6, 6.07) is 11.0. The van der Waals surface area contributed by atoms with Crippen LogP contribution >= 0.6 is 23.2 Å². The molecule has 1 saturated heterocycles. The maximum absolute atomic E-state index is 13.9. The van der Waals surface area contributed by atoms with Gasteiger partial charge in [-0.2, -0.15) is 0 Å². The summed E-state index contributed by atoms with van der Waals surface area (Å²) in [5, 5.41) is 7.96. The number of ether oxygens (including phenoxy) is 1. The molecule has 0 amide bonds. The molecule has 1 fully saturated rings. The van der Waals surface area contributed by atoms with Crippen molar-refractivity contribution in [3.8, 4) is 11.4 Å². The molecule has 1 aromatic carbocycles. The number of halogens is 2. The van der Waals surface area contributed by atoms with Crippen LogP contribution in [0.1, 0.15) is 32.2 Å². The van der Waals surface area contributed by atoms with Crippen molar-refractivity contribution in [1.29, 1.82) is 0 Å². The zero-order valence-corrected chi connectivity index (χ0v) is 21.1. The highest BCUT2D eigenvalue weighted by Crippen LogP contribution is 2.35. The van der Waals surface area contributed by atoms with E-state index in [4.69, 9.17) is 32.9 Å². The molecule has 3 aromatic rings.